The zero-order chi connectivity index (χ0) is 9.76. The standard InChI is InChI=1S/C10H16N4/c1-13-5-8(4-11)9(12-13)14-6-10(7-14)2-3-10/h5H,2-4,6-7,11H2,1H3. The SMILES string of the molecule is Cn1cc(CN)c(N2CC3(CC3)C2)n1. The highest BCUT2D eigenvalue weighted by molar-refractivity contribution is 5.50. The summed E-state index contributed by atoms with van der Waals surface area (Å²) in [6, 6.07) is 0. The molecular weight excluding hydrogens is 176 g/mol. The van der Waals surface area contributed by atoms with Crippen molar-refractivity contribution >= 4 is 5.82 Å². The minimum atomic E-state index is 0.590. The highest BCUT2D eigenvalue weighted by atomic mass is 15.4. The second-order valence-corrected chi connectivity index (χ2v) is 4.71. The average Bonchev–Trinajstić information content (AvgIpc) is 2.82. The Morgan fingerprint density at radius 1 is 1.50 bits per heavy atom. The van der Waals surface area contributed by atoms with Crippen molar-refractivity contribution in [1.82, 2.24) is 9.78 Å². The third-order valence-electron chi connectivity index (χ3n) is 3.41. The van der Waals surface area contributed by atoms with Crippen LogP contribution < -0.4 is 10.6 Å². The Morgan fingerprint density at radius 3 is 2.79 bits per heavy atom. The van der Waals surface area contributed by atoms with Crippen molar-refractivity contribution in [2.24, 2.45) is 18.2 Å². The third-order valence-corrected chi connectivity index (χ3v) is 3.41. The molecule has 1 aromatic heterocycles. The molecule has 1 spiro atoms. The first kappa shape index (κ1) is 8.29. The van der Waals surface area contributed by atoms with Crippen LogP contribution in [0, 0.1) is 5.41 Å². The summed E-state index contributed by atoms with van der Waals surface area (Å²) < 4.78 is 1.86. The molecule has 2 fully saturated rings. The fourth-order valence-electron chi connectivity index (χ4n) is 2.34. The summed E-state index contributed by atoms with van der Waals surface area (Å²) in [5.74, 6) is 1.10. The van der Waals surface area contributed by atoms with Crippen LogP contribution in [0.2, 0.25) is 0 Å². The highest BCUT2D eigenvalue weighted by Gasteiger charge is 2.53. The Balaban J connectivity index is 1.82. The number of hydrogen-bond acceptors (Lipinski definition) is 3. The van der Waals surface area contributed by atoms with Crippen LogP contribution >= 0.6 is 0 Å². The molecule has 0 amide bonds. The molecule has 2 heterocycles. The van der Waals surface area contributed by atoms with Gasteiger partial charge in [0.25, 0.3) is 0 Å². The van der Waals surface area contributed by atoms with Crippen LogP contribution in [0.3, 0.4) is 0 Å². The van der Waals surface area contributed by atoms with Gasteiger partial charge in [-0.3, -0.25) is 4.68 Å². The molecule has 2 N–H and O–H groups in total. The summed E-state index contributed by atoms with van der Waals surface area (Å²) in [6.07, 6.45) is 4.84. The van der Waals surface area contributed by atoms with E-state index in [2.05, 4.69) is 10.00 Å². The fourth-order valence-corrected chi connectivity index (χ4v) is 2.34. The Hall–Kier alpha value is -1.03. The normalized spacial score (nSPS) is 22.6. The van der Waals surface area contributed by atoms with Gasteiger partial charge in [0.1, 0.15) is 0 Å². The van der Waals surface area contributed by atoms with Crippen LogP contribution in [0.5, 0.6) is 0 Å². The molecule has 0 atom stereocenters. The third kappa shape index (κ3) is 1.07. The summed E-state index contributed by atoms with van der Waals surface area (Å²) in [6.45, 7) is 2.97. The lowest BCUT2D eigenvalue weighted by molar-refractivity contribution is 0.382. The fraction of sp³-hybridized carbons (Fsp3) is 0.700. The predicted molar refractivity (Wildman–Crippen MR) is 55.0 cm³/mol. The van der Waals surface area contributed by atoms with Gasteiger partial charge >= 0.3 is 0 Å². The number of nitrogens with zero attached hydrogens (tertiary/aromatic N) is 3. The van der Waals surface area contributed by atoms with E-state index < -0.39 is 0 Å². The maximum absolute atomic E-state index is 5.68. The summed E-state index contributed by atoms with van der Waals surface area (Å²) in [5, 5.41) is 4.46. The topological polar surface area (TPSA) is 47.1 Å². The lowest BCUT2D eigenvalue weighted by Crippen LogP contribution is -2.49. The van der Waals surface area contributed by atoms with Crippen molar-refractivity contribution < 1.29 is 0 Å². The van der Waals surface area contributed by atoms with Crippen molar-refractivity contribution in [3.05, 3.63) is 11.8 Å². The Morgan fingerprint density at radius 2 is 2.21 bits per heavy atom. The molecular formula is C10H16N4. The van der Waals surface area contributed by atoms with Crippen LogP contribution in [-0.4, -0.2) is 22.9 Å². The van der Waals surface area contributed by atoms with Crippen LogP contribution in [0.4, 0.5) is 5.82 Å². The van der Waals surface area contributed by atoms with Crippen molar-refractivity contribution in [3.63, 3.8) is 0 Å². The van der Waals surface area contributed by atoms with Gasteiger partial charge in [0.15, 0.2) is 5.82 Å². The number of hydrogen-bond donors (Lipinski definition) is 1. The number of rotatable bonds is 2. The molecule has 0 unspecified atom stereocenters. The van der Waals surface area contributed by atoms with Crippen LogP contribution in [-0.2, 0) is 13.6 Å². The molecule has 14 heavy (non-hydrogen) atoms. The van der Waals surface area contributed by atoms with Gasteiger partial charge in [-0.2, -0.15) is 5.10 Å². The Bertz CT molecular complexity index is 356. The van der Waals surface area contributed by atoms with E-state index in [9.17, 15) is 0 Å². The lowest BCUT2D eigenvalue weighted by Gasteiger charge is -2.40. The summed E-state index contributed by atoms with van der Waals surface area (Å²) in [7, 11) is 1.95. The maximum Gasteiger partial charge on any atom is 0.155 e. The first-order chi connectivity index (χ1) is 6.72. The van der Waals surface area contributed by atoms with Crippen LogP contribution in [0.1, 0.15) is 18.4 Å². The van der Waals surface area contributed by atoms with E-state index in [-0.39, 0.29) is 0 Å². The van der Waals surface area contributed by atoms with E-state index in [0.29, 0.717) is 12.0 Å². The minimum absolute atomic E-state index is 0.590. The largest absolute Gasteiger partial charge is 0.354 e. The van der Waals surface area contributed by atoms with Gasteiger partial charge in [-0.1, -0.05) is 0 Å². The number of nitrogens with two attached hydrogens (primary N) is 1. The first-order valence-electron chi connectivity index (χ1n) is 5.20. The molecule has 76 valence electrons. The molecule has 1 saturated heterocycles. The summed E-state index contributed by atoms with van der Waals surface area (Å²) >= 11 is 0. The predicted octanol–water partition coefficient (Wildman–Crippen LogP) is 0.479. The van der Waals surface area contributed by atoms with Crippen molar-refractivity contribution in [3.8, 4) is 0 Å². The minimum Gasteiger partial charge on any atom is -0.354 e. The lowest BCUT2D eigenvalue weighted by atomic mass is 9.97. The van der Waals surface area contributed by atoms with E-state index in [1.165, 1.54) is 31.5 Å². The Kier molecular flexibility index (Phi) is 1.49. The average molecular weight is 192 g/mol. The quantitative estimate of drug-likeness (QED) is 0.741. The second kappa shape index (κ2) is 2.51. The Labute approximate surface area is 83.7 Å². The van der Waals surface area contributed by atoms with Gasteiger partial charge in [-0.05, 0) is 12.8 Å². The smallest absolute Gasteiger partial charge is 0.155 e. The number of aryl methyl sites for hydroxylation is 1. The molecule has 0 aromatic carbocycles. The van der Waals surface area contributed by atoms with Gasteiger partial charge in [-0.25, -0.2) is 0 Å². The molecule has 2 aliphatic rings. The molecule has 0 bridgehead atoms. The molecule has 1 aliphatic carbocycles. The summed E-state index contributed by atoms with van der Waals surface area (Å²) in [4.78, 5) is 2.36. The van der Waals surface area contributed by atoms with E-state index in [0.717, 1.165) is 5.82 Å². The molecule has 3 rings (SSSR count). The highest BCUT2D eigenvalue weighted by Crippen LogP contribution is 2.53. The molecule has 1 saturated carbocycles. The molecule has 0 radical (unpaired) electrons. The van der Waals surface area contributed by atoms with E-state index >= 15 is 0 Å². The van der Waals surface area contributed by atoms with Crippen molar-refractivity contribution in [2.45, 2.75) is 19.4 Å². The molecule has 4 nitrogen and oxygen atoms in total. The van der Waals surface area contributed by atoms with Crippen molar-refractivity contribution in [2.75, 3.05) is 18.0 Å². The number of aromatic nitrogens is 2. The molecule has 4 heteroatoms. The second-order valence-electron chi connectivity index (χ2n) is 4.71. The van der Waals surface area contributed by atoms with Gasteiger partial charge in [0.05, 0.1) is 0 Å². The number of anilines is 1. The van der Waals surface area contributed by atoms with Gasteiger partial charge in [0.2, 0.25) is 0 Å². The van der Waals surface area contributed by atoms with Crippen LogP contribution in [0.25, 0.3) is 0 Å². The maximum atomic E-state index is 5.68. The van der Waals surface area contributed by atoms with Crippen molar-refractivity contribution in [1.29, 1.82) is 0 Å². The van der Waals surface area contributed by atoms with Crippen LogP contribution in [0.15, 0.2) is 6.20 Å². The zero-order valence-corrected chi connectivity index (χ0v) is 8.53. The zero-order valence-electron chi connectivity index (χ0n) is 8.53. The molecule has 1 aliphatic heterocycles. The summed E-state index contributed by atoms with van der Waals surface area (Å²) in [5.41, 5.74) is 7.54. The first-order valence-corrected chi connectivity index (χ1v) is 5.20. The van der Waals surface area contributed by atoms with E-state index in [1.807, 2.05) is 17.9 Å². The van der Waals surface area contributed by atoms with Gasteiger partial charge < -0.3 is 10.6 Å². The van der Waals surface area contributed by atoms with Gasteiger partial charge in [-0.15, -0.1) is 0 Å². The van der Waals surface area contributed by atoms with Gasteiger partial charge in [0, 0.05) is 43.9 Å². The monoisotopic (exact) mass is 192 g/mol. The molecule has 1 aromatic rings. The van der Waals surface area contributed by atoms with E-state index in [1.54, 1.807) is 0 Å². The van der Waals surface area contributed by atoms with E-state index in [4.69, 9.17) is 5.73 Å².